The summed E-state index contributed by atoms with van der Waals surface area (Å²) in [7, 11) is 0. The van der Waals surface area contributed by atoms with Crippen LogP contribution >= 0.6 is 0 Å². The molecule has 0 unspecified atom stereocenters. The zero-order valence-electron chi connectivity index (χ0n) is 9.68. The SMILES string of the molecule is Cc1nc2ncccc2cc1CCCC(=O)O. The zero-order chi connectivity index (χ0) is 12.3. The van der Waals surface area contributed by atoms with E-state index in [1.807, 2.05) is 25.1 Å². The molecular weight excluding hydrogens is 216 g/mol. The van der Waals surface area contributed by atoms with Crippen LogP contribution in [-0.2, 0) is 11.2 Å². The second kappa shape index (κ2) is 4.91. The van der Waals surface area contributed by atoms with Crippen LogP contribution in [0.25, 0.3) is 11.0 Å². The van der Waals surface area contributed by atoms with Gasteiger partial charge in [-0.15, -0.1) is 0 Å². The Morgan fingerprint density at radius 2 is 2.29 bits per heavy atom. The van der Waals surface area contributed by atoms with Crippen LogP contribution in [0.4, 0.5) is 0 Å². The van der Waals surface area contributed by atoms with Crippen molar-refractivity contribution >= 4 is 17.0 Å². The van der Waals surface area contributed by atoms with Crippen molar-refractivity contribution in [3.8, 4) is 0 Å². The molecule has 0 aliphatic heterocycles. The molecule has 88 valence electrons. The molecule has 0 radical (unpaired) electrons. The standard InChI is InChI=1S/C13H14N2O2/c1-9-10(4-2-6-12(16)17)8-11-5-3-7-14-13(11)15-9/h3,5,7-8H,2,4,6H2,1H3,(H,16,17). The van der Waals surface area contributed by atoms with E-state index in [0.29, 0.717) is 6.42 Å². The minimum Gasteiger partial charge on any atom is -0.481 e. The van der Waals surface area contributed by atoms with Gasteiger partial charge in [-0.25, -0.2) is 9.97 Å². The smallest absolute Gasteiger partial charge is 0.303 e. The highest BCUT2D eigenvalue weighted by Gasteiger charge is 2.05. The molecule has 4 nitrogen and oxygen atoms in total. The number of pyridine rings is 2. The van der Waals surface area contributed by atoms with E-state index in [9.17, 15) is 4.79 Å². The lowest BCUT2D eigenvalue weighted by atomic mass is 10.1. The predicted octanol–water partition coefficient (Wildman–Crippen LogP) is 2.35. The first-order valence-corrected chi connectivity index (χ1v) is 5.60. The molecule has 2 heterocycles. The first kappa shape index (κ1) is 11.5. The first-order chi connectivity index (χ1) is 8.16. The van der Waals surface area contributed by atoms with Crippen molar-refractivity contribution in [2.75, 3.05) is 0 Å². The van der Waals surface area contributed by atoms with Gasteiger partial charge in [-0.1, -0.05) is 0 Å². The van der Waals surface area contributed by atoms with E-state index in [-0.39, 0.29) is 6.42 Å². The lowest BCUT2D eigenvalue weighted by Crippen LogP contribution is -1.99. The van der Waals surface area contributed by atoms with Gasteiger partial charge in [-0.05, 0) is 43.5 Å². The number of aromatic nitrogens is 2. The van der Waals surface area contributed by atoms with E-state index in [2.05, 4.69) is 9.97 Å². The maximum absolute atomic E-state index is 10.5. The van der Waals surface area contributed by atoms with E-state index in [1.165, 1.54) is 0 Å². The third kappa shape index (κ3) is 2.78. The Labute approximate surface area is 99.3 Å². The Morgan fingerprint density at radius 1 is 1.47 bits per heavy atom. The second-order valence-electron chi connectivity index (χ2n) is 4.03. The summed E-state index contributed by atoms with van der Waals surface area (Å²) < 4.78 is 0. The quantitative estimate of drug-likeness (QED) is 0.875. The number of aliphatic carboxylic acids is 1. The molecule has 0 aromatic carbocycles. The van der Waals surface area contributed by atoms with Crippen LogP contribution in [-0.4, -0.2) is 21.0 Å². The fraction of sp³-hybridized carbons (Fsp3) is 0.308. The Hall–Kier alpha value is -1.97. The molecule has 2 aromatic rings. The van der Waals surface area contributed by atoms with Crippen molar-refractivity contribution in [1.82, 2.24) is 9.97 Å². The van der Waals surface area contributed by atoms with E-state index in [1.54, 1.807) is 6.20 Å². The fourth-order valence-electron chi connectivity index (χ4n) is 1.82. The summed E-state index contributed by atoms with van der Waals surface area (Å²) in [5.74, 6) is -0.752. The van der Waals surface area contributed by atoms with Gasteiger partial charge in [0.25, 0.3) is 0 Å². The summed E-state index contributed by atoms with van der Waals surface area (Å²) in [5, 5.41) is 9.61. The first-order valence-electron chi connectivity index (χ1n) is 5.60. The van der Waals surface area contributed by atoms with E-state index >= 15 is 0 Å². The molecule has 0 saturated heterocycles. The minimum atomic E-state index is -0.752. The average molecular weight is 230 g/mol. The van der Waals surface area contributed by atoms with Crippen LogP contribution in [0.3, 0.4) is 0 Å². The van der Waals surface area contributed by atoms with Crippen LogP contribution in [0, 0.1) is 6.92 Å². The molecule has 2 rings (SSSR count). The maximum atomic E-state index is 10.5. The van der Waals surface area contributed by atoms with Crippen LogP contribution < -0.4 is 0 Å². The summed E-state index contributed by atoms with van der Waals surface area (Å²) in [6.45, 7) is 1.93. The van der Waals surface area contributed by atoms with Gasteiger partial charge in [-0.3, -0.25) is 4.79 Å². The number of carboxylic acids is 1. The highest BCUT2D eigenvalue weighted by Crippen LogP contribution is 2.16. The van der Waals surface area contributed by atoms with E-state index < -0.39 is 5.97 Å². The normalized spacial score (nSPS) is 10.6. The van der Waals surface area contributed by atoms with Crippen LogP contribution in [0.15, 0.2) is 24.4 Å². The van der Waals surface area contributed by atoms with Crippen LogP contribution in [0.2, 0.25) is 0 Å². The highest BCUT2D eigenvalue weighted by atomic mass is 16.4. The summed E-state index contributed by atoms with van der Waals surface area (Å²) in [6, 6.07) is 5.89. The van der Waals surface area contributed by atoms with Crippen molar-refractivity contribution in [2.24, 2.45) is 0 Å². The molecular formula is C13H14N2O2. The van der Waals surface area contributed by atoms with Gasteiger partial charge in [0, 0.05) is 23.7 Å². The fourth-order valence-corrected chi connectivity index (χ4v) is 1.82. The van der Waals surface area contributed by atoms with Crippen LogP contribution in [0.1, 0.15) is 24.1 Å². The van der Waals surface area contributed by atoms with Crippen molar-refractivity contribution in [3.63, 3.8) is 0 Å². The molecule has 0 fully saturated rings. The Bertz CT molecular complexity index is 552. The van der Waals surface area contributed by atoms with E-state index in [4.69, 9.17) is 5.11 Å². The number of hydrogen-bond donors (Lipinski definition) is 1. The van der Waals surface area contributed by atoms with Gasteiger partial charge in [0.1, 0.15) is 0 Å². The third-order valence-corrected chi connectivity index (χ3v) is 2.72. The van der Waals surface area contributed by atoms with Crippen molar-refractivity contribution in [2.45, 2.75) is 26.2 Å². The van der Waals surface area contributed by atoms with Gasteiger partial charge in [0.2, 0.25) is 0 Å². The molecule has 0 aliphatic carbocycles. The topological polar surface area (TPSA) is 63.1 Å². The number of hydrogen-bond acceptors (Lipinski definition) is 3. The van der Waals surface area contributed by atoms with Gasteiger partial charge >= 0.3 is 5.97 Å². The molecule has 17 heavy (non-hydrogen) atoms. The average Bonchev–Trinajstić information content (AvgIpc) is 2.29. The monoisotopic (exact) mass is 230 g/mol. The second-order valence-corrected chi connectivity index (χ2v) is 4.03. The molecule has 0 bridgehead atoms. The van der Waals surface area contributed by atoms with Gasteiger partial charge in [-0.2, -0.15) is 0 Å². The van der Waals surface area contributed by atoms with Crippen molar-refractivity contribution < 1.29 is 9.90 Å². The molecule has 2 aromatic heterocycles. The molecule has 0 amide bonds. The molecule has 0 spiro atoms. The molecule has 4 heteroatoms. The molecule has 0 atom stereocenters. The largest absolute Gasteiger partial charge is 0.481 e. The Morgan fingerprint density at radius 3 is 3.06 bits per heavy atom. The van der Waals surface area contributed by atoms with Gasteiger partial charge < -0.3 is 5.11 Å². The number of aryl methyl sites for hydroxylation is 2. The lowest BCUT2D eigenvalue weighted by molar-refractivity contribution is -0.137. The maximum Gasteiger partial charge on any atom is 0.303 e. The number of carbonyl (C=O) groups is 1. The lowest BCUT2D eigenvalue weighted by Gasteiger charge is -2.06. The molecule has 0 saturated carbocycles. The predicted molar refractivity (Wildman–Crippen MR) is 64.8 cm³/mol. The summed E-state index contributed by atoms with van der Waals surface area (Å²) in [5.41, 5.74) is 2.78. The summed E-state index contributed by atoms with van der Waals surface area (Å²) in [6.07, 6.45) is 3.31. The molecule has 0 aliphatic rings. The zero-order valence-corrected chi connectivity index (χ0v) is 9.68. The van der Waals surface area contributed by atoms with Crippen LogP contribution in [0.5, 0.6) is 0 Å². The van der Waals surface area contributed by atoms with E-state index in [0.717, 1.165) is 28.7 Å². The Balaban J connectivity index is 2.22. The van der Waals surface area contributed by atoms with Crippen molar-refractivity contribution in [3.05, 3.63) is 35.7 Å². The Kier molecular flexibility index (Phi) is 3.32. The van der Waals surface area contributed by atoms with Gasteiger partial charge in [0.05, 0.1) is 0 Å². The number of fused-ring (bicyclic) bond motifs is 1. The summed E-state index contributed by atoms with van der Waals surface area (Å²) >= 11 is 0. The molecule has 1 N–H and O–H groups in total. The number of rotatable bonds is 4. The summed E-state index contributed by atoms with van der Waals surface area (Å²) in [4.78, 5) is 19.1. The van der Waals surface area contributed by atoms with Gasteiger partial charge in [0.15, 0.2) is 5.65 Å². The van der Waals surface area contributed by atoms with Crippen molar-refractivity contribution in [1.29, 1.82) is 0 Å². The number of carboxylic acid groups (broad SMARTS) is 1. The minimum absolute atomic E-state index is 0.199. The number of nitrogens with zero attached hydrogens (tertiary/aromatic N) is 2. The third-order valence-electron chi connectivity index (χ3n) is 2.72. The highest BCUT2D eigenvalue weighted by molar-refractivity contribution is 5.75.